The van der Waals surface area contributed by atoms with Crippen molar-refractivity contribution in [3.63, 3.8) is 0 Å². The van der Waals surface area contributed by atoms with Crippen LogP contribution in [0, 0.1) is 0 Å². The number of nitrogens with zero attached hydrogens (tertiary/aromatic N) is 2. The Morgan fingerprint density at radius 3 is 2.95 bits per heavy atom. The largest absolute Gasteiger partial charge is 0.382 e. The first-order valence-corrected chi connectivity index (χ1v) is 8.19. The maximum Gasteiger partial charge on any atom is 0.268 e. The van der Waals surface area contributed by atoms with Crippen molar-refractivity contribution in [1.82, 2.24) is 9.88 Å². The molecule has 7 heteroatoms. The molecule has 3 N–H and O–H groups in total. The standard InChI is InChI=1S/C14H24N4O2S/c1-5-10-7-20-9(4)6-18(10)13(19)11-12(15)17-14(21-11)16-8(2)3/h8-10H,5-7,15H2,1-4H3,(H,16,17). The second kappa shape index (κ2) is 6.62. The number of ether oxygens (including phenoxy) is 1. The maximum atomic E-state index is 12.8. The number of hydrogen-bond donors (Lipinski definition) is 2. The molecule has 0 spiro atoms. The third-order valence-corrected chi connectivity index (χ3v) is 4.45. The van der Waals surface area contributed by atoms with Gasteiger partial charge in [0.25, 0.3) is 5.91 Å². The van der Waals surface area contributed by atoms with Crippen molar-refractivity contribution in [3.05, 3.63) is 4.88 Å². The van der Waals surface area contributed by atoms with Crippen molar-refractivity contribution >= 4 is 28.2 Å². The number of aromatic nitrogens is 1. The first-order chi connectivity index (χ1) is 9.92. The molecule has 2 heterocycles. The van der Waals surface area contributed by atoms with E-state index < -0.39 is 0 Å². The summed E-state index contributed by atoms with van der Waals surface area (Å²) in [4.78, 5) is 19.4. The molecule has 1 fully saturated rings. The Morgan fingerprint density at radius 2 is 2.33 bits per heavy atom. The monoisotopic (exact) mass is 312 g/mol. The molecule has 0 radical (unpaired) electrons. The molecule has 1 saturated heterocycles. The van der Waals surface area contributed by atoms with Gasteiger partial charge in [-0.05, 0) is 27.2 Å². The highest BCUT2D eigenvalue weighted by Gasteiger charge is 2.32. The van der Waals surface area contributed by atoms with Gasteiger partial charge in [0.05, 0.1) is 18.8 Å². The minimum Gasteiger partial charge on any atom is -0.382 e. The predicted octanol–water partition coefficient (Wildman–Crippen LogP) is 2.19. The zero-order valence-electron chi connectivity index (χ0n) is 13.0. The Morgan fingerprint density at radius 1 is 1.62 bits per heavy atom. The number of anilines is 2. The molecule has 2 rings (SSSR count). The van der Waals surface area contributed by atoms with Crippen LogP contribution in [0.4, 0.5) is 10.9 Å². The van der Waals surface area contributed by atoms with Gasteiger partial charge in [-0.15, -0.1) is 0 Å². The summed E-state index contributed by atoms with van der Waals surface area (Å²) in [6, 6.07) is 0.363. The summed E-state index contributed by atoms with van der Waals surface area (Å²) in [5, 5.41) is 3.88. The first-order valence-electron chi connectivity index (χ1n) is 7.37. The summed E-state index contributed by atoms with van der Waals surface area (Å²) >= 11 is 1.32. The minimum atomic E-state index is -0.0381. The minimum absolute atomic E-state index is 0.0381. The zero-order valence-corrected chi connectivity index (χ0v) is 13.9. The van der Waals surface area contributed by atoms with E-state index in [1.165, 1.54) is 11.3 Å². The lowest BCUT2D eigenvalue weighted by Crippen LogP contribution is -2.51. The molecule has 6 nitrogen and oxygen atoms in total. The number of amides is 1. The number of carbonyl (C=O) groups excluding carboxylic acids is 1. The Kier molecular flexibility index (Phi) is 5.05. The van der Waals surface area contributed by atoms with Crippen LogP contribution in [0.25, 0.3) is 0 Å². The molecule has 21 heavy (non-hydrogen) atoms. The predicted molar refractivity (Wildman–Crippen MR) is 85.8 cm³/mol. The third kappa shape index (κ3) is 3.65. The number of nitrogens with two attached hydrogens (primary N) is 1. The van der Waals surface area contributed by atoms with Crippen molar-refractivity contribution in [2.45, 2.75) is 52.3 Å². The van der Waals surface area contributed by atoms with Gasteiger partial charge in [0.15, 0.2) is 5.13 Å². The second-order valence-electron chi connectivity index (χ2n) is 5.70. The van der Waals surface area contributed by atoms with E-state index in [-0.39, 0.29) is 24.1 Å². The van der Waals surface area contributed by atoms with Crippen LogP contribution in [0.15, 0.2) is 0 Å². The highest BCUT2D eigenvalue weighted by atomic mass is 32.1. The van der Waals surface area contributed by atoms with E-state index in [4.69, 9.17) is 10.5 Å². The Hall–Kier alpha value is -1.34. The topological polar surface area (TPSA) is 80.5 Å². The lowest BCUT2D eigenvalue weighted by molar-refractivity contribution is -0.0442. The number of carbonyl (C=O) groups is 1. The van der Waals surface area contributed by atoms with Gasteiger partial charge in [-0.3, -0.25) is 4.79 Å². The molecule has 1 aromatic heterocycles. The van der Waals surface area contributed by atoms with Gasteiger partial charge in [-0.1, -0.05) is 18.3 Å². The molecule has 0 bridgehead atoms. The Balaban J connectivity index is 2.19. The van der Waals surface area contributed by atoms with E-state index in [0.29, 0.717) is 29.0 Å². The third-order valence-electron chi connectivity index (χ3n) is 3.46. The van der Waals surface area contributed by atoms with E-state index >= 15 is 0 Å². The summed E-state index contributed by atoms with van der Waals surface area (Å²) in [6.07, 6.45) is 0.924. The molecule has 1 aliphatic heterocycles. The normalized spacial score (nSPS) is 22.6. The molecule has 0 aromatic carbocycles. The van der Waals surface area contributed by atoms with Crippen LogP contribution < -0.4 is 11.1 Å². The van der Waals surface area contributed by atoms with Crippen LogP contribution in [0.5, 0.6) is 0 Å². The van der Waals surface area contributed by atoms with E-state index in [1.807, 2.05) is 25.7 Å². The molecule has 118 valence electrons. The molecule has 1 aliphatic rings. The van der Waals surface area contributed by atoms with Gasteiger partial charge < -0.3 is 20.7 Å². The molecule has 1 aromatic rings. The van der Waals surface area contributed by atoms with E-state index in [1.54, 1.807) is 0 Å². The van der Waals surface area contributed by atoms with Crippen molar-refractivity contribution in [1.29, 1.82) is 0 Å². The number of hydrogen-bond acceptors (Lipinski definition) is 6. The fourth-order valence-electron chi connectivity index (χ4n) is 2.36. The molecule has 1 amide bonds. The Bertz CT molecular complexity index is 503. The number of thiazole rings is 1. The lowest BCUT2D eigenvalue weighted by Gasteiger charge is -2.38. The highest BCUT2D eigenvalue weighted by molar-refractivity contribution is 7.18. The average molecular weight is 312 g/mol. The van der Waals surface area contributed by atoms with Gasteiger partial charge in [0.2, 0.25) is 0 Å². The fraction of sp³-hybridized carbons (Fsp3) is 0.714. The summed E-state index contributed by atoms with van der Waals surface area (Å²) in [7, 11) is 0. The fourth-order valence-corrected chi connectivity index (χ4v) is 3.34. The quantitative estimate of drug-likeness (QED) is 0.890. The van der Waals surface area contributed by atoms with Crippen LogP contribution >= 0.6 is 11.3 Å². The summed E-state index contributed by atoms with van der Waals surface area (Å²) in [5.74, 6) is 0.269. The van der Waals surface area contributed by atoms with Crippen LogP contribution in [0.3, 0.4) is 0 Å². The molecule has 0 aliphatic carbocycles. The number of rotatable bonds is 4. The van der Waals surface area contributed by atoms with Crippen LogP contribution in [0.1, 0.15) is 43.8 Å². The zero-order chi connectivity index (χ0) is 15.6. The molecule has 2 unspecified atom stereocenters. The SMILES string of the molecule is CCC1COC(C)CN1C(=O)c1sc(NC(C)C)nc1N. The van der Waals surface area contributed by atoms with Gasteiger partial charge in [-0.25, -0.2) is 4.98 Å². The molecular formula is C14H24N4O2S. The lowest BCUT2D eigenvalue weighted by atomic mass is 10.1. The van der Waals surface area contributed by atoms with Crippen LogP contribution in [0.2, 0.25) is 0 Å². The summed E-state index contributed by atoms with van der Waals surface area (Å²) in [6.45, 7) is 9.27. The van der Waals surface area contributed by atoms with Crippen molar-refractivity contribution < 1.29 is 9.53 Å². The first kappa shape index (κ1) is 16.0. The van der Waals surface area contributed by atoms with Crippen molar-refractivity contribution in [3.8, 4) is 0 Å². The van der Waals surface area contributed by atoms with Crippen LogP contribution in [-0.2, 0) is 4.74 Å². The number of nitrogens with one attached hydrogen (secondary N) is 1. The van der Waals surface area contributed by atoms with Crippen molar-refractivity contribution in [2.24, 2.45) is 0 Å². The van der Waals surface area contributed by atoms with Crippen LogP contribution in [-0.4, -0.2) is 47.1 Å². The highest BCUT2D eigenvalue weighted by Crippen LogP contribution is 2.28. The molecular weight excluding hydrogens is 288 g/mol. The number of nitrogen functional groups attached to an aromatic ring is 1. The van der Waals surface area contributed by atoms with Gasteiger partial charge in [0.1, 0.15) is 10.7 Å². The Labute approximate surface area is 129 Å². The molecule has 2 atom stereocenters. The van der Waals surface area contributed by atoms with E-state index in [9.17, 15) is 4.79 Å². The maximum absolute atomic E-state index is 12.8. The van der Waals surface area contributed by atoms with E-state index in [0.717, 1.165) is 6.42 Å². The smallest absolute Gasteiger partial charge is 0.268 e. The summed E-state index contributed by atoms with van der Waals surface area (Å²) in [5.41, 5.74) is 5.93. The summed E-state index contributed by atoms with van der Waals surface area (Å²) < 4.78 is 5.64. The molecule has 0 saturated carbocycles. The van der Waals surface area contributed by atoms with Crippen molar-refractivity contribution in [2.75, 3.05) is 24.2 Å². The van der Waals surface area contributed by atoms with E-state index in [2.05, 4.69) is 17.2 Å². The van der Waals surface area contributed by atoms with Gasteiger partial charge >= 0.3 is 0 Å². The van der Waals surface area contributed by atoms with Gasteiger partial charge in [0, 0.05) is 12.6 Å². The van der Waals surface area contributed by atoms with Gasteiger partial charge in [-0.2, -0.15) is 0 Å². The number of morpholine rings is 1. The second-order valence-corrected chi connectivity index (χ2v) is 6.70. The average Bonchev–Trinajstić information content (AvgIpc) is 2.77.